The van der Waals surface area contributed by atoms with Crippen LogP contribution in [-0.4, -0.2) is 56.4 Å². The smallest absolute Gasteiger partial charge is 0.326 e. The van der Waals surface area contributed by atoms with Crippen molar-refractivity contribution in [2.24, 2.45) is 5.73 Å². The number of H-pyrrole nitrogens is 2. The number of aromatic amines is 2. The fraction of sp³-hybridized carbons (Fsp3) is 0.321. The van der Waals surface area contributed by atoms with Crippen LogP contribution in [0.5, 0.6) is 0 Å². The van der Waals surface area contributed by atoms with Crippen molar-refractivity contribution in [3.8, 4) is 0 Å². The molecule has 4 aromatic rings. The van der Waals surface area contributed by atoms with E-state index < -0.39 is 24.0 Å². The van der Waals surface area contributed by atoms with Gasteiger partial charge in [-0.05, 0) is 49.1 Å². The molecule has 0 fully saturated rings. The number of hydrogen-bond donors (Lipinski definition) is 5. The monoisotopic (exact) mass is 501 g/mol. The second-order valence-corrected chi connectivity index (χ2v) is 9.59. The van der Waals surface area contributed by atoms with Gasteiger partial charge in [0.15, 0.2) is 0 Å². The zero-order valence-corrected chi connectivity index (χ0v) is 20.5. The molecule has 6 N–H and O–H groups in total. The summed E-state index contributed by atoms with van der Waals surface area (Å²) in [5, 5.41) is 14.4. The van der Waals surface area contributed by atoms with E-state index in [0.29, 0.717) is 25.8 Å². The summed E-state index contributed by atoms with van der Waals surface area (Å²) in [6, 6.07) is 13.8. The normalized spacial score (nSPS) is 16.0. The number of amides is 2. The highest BCUT2D eigenvalue weighted by atomic mass is 16.4. The van der Waals surface area contributed by atoms with Crippen molar-refractivity contribution in [3.05, 3.63) is 71.5 Å². The summed E-state index contributed by atoms with van der Waals surface area (Å²) in [6.07, 6.45) is 3.81. The predicted molar refractivity (Wildman–Crippen MR) is 141 cm³/mol. The van der Waals surface area contributed by atoms with Crippen molar-refractivity contribution in [1.82, 2.24) is 20.2 Å². The Balaban J connectivity index is 1.44. The molecule has 37 heavy (non-hydrogen) atoms. The van der Waals surface area contributed by atoms with Gasteiger partial charge in [-0.15, -0.1) is 0 Å². The number of nitrogens with two attached hydrogens (primary N) is 1. The molecule has 9 nitrogen and oxygen atoms in total. The maximum atomic E-state index is 13.7. The van der Waals surface area contributed by atoms with E-state index in [0.717, 1.165) is 38.6 Å². The van der Waals surface area contributed by atoms with Gasteiger partial charge in [-0.25, -0.2) is 4.79 Å². The highest BCUT2D eigenvalue weighted by molar-refractivity contribution is 5.95. The maximum absolute atomic E-state index is 13.7. The molecular weight excluding hydrogens is 470 g/mol. The van der Waals surface area contributed by atoms with Gasteiger partial charge in [-0.2, -0.15) is 0 Å². The number of rotatable bonds is 9. The average molecular weight is 502 g/mol. The minimum absolute atomic E-state index is 0.127. The van der Waals surface area contributed by atoms with Gasteiger partial charge in [0, 0.05) is 40.1 Å². The van der Waals surface area contributed by atoms with E-state index >= 15 is 0 Å². The molecule has 192 valence electrons. The third-order valence-electron chi connectivity index (χ3n) is 7.21. The van der Waals surface area contributed by atoms with Gasteiger partial charge in [0.25, 0.3) is 0 Å². The van der Waals surface area contributed by atoms with Crippen LogP contribution in [0.4, 0.5) is 0 Å². The van der Waals surface area contributed by atoms with E-state index in [1.807, 2.05) is 54.7 Å². The zero-order valence-electron chi connectivity index (χ0n) is 20.5. The minimum Gasteiger partial charge on any atom is -0.480 e. The Morgan fingerprint density at radius 1 is 1.05 bits per heavy atom. The summed E-state index contributed by atoms with van der Waals surface area (Å²) < 4.78 is 0. The third-order valence-corrected chi connectivity index (χ3v) is 7.21. The van der Waals surface area contributed by atoms with Crippen LogP contribution in [-0.2, 0) is 33.8 Å². The summed E-state index contributed by atoms with van der Waals surface area (Å²) in [5.74, 6) is -1.74. The van der Waals surface area contributed by atoms with Crippen LogP contribution in [0.3, 0.4) is 0 Å². The first-order valence-corrected chi connectivity index (χ1v) is 12.6. The Morgan fingerprint density at radius 3 is 2.54 bits per heavy atom. The van der Waals surface area contributed by atoms with E-state index in [4.69, 9.17) is 5.73 Å². The summed E-state index contributed by atoms with van der Waals surface area (Å²) in [4.78, 5) is 47.2. The summed E-state index contributed by atoms with van der Waals surface area (Å²) in [6.45, 7) is 0.705. The molecule has 5 rings (SSSR count). The van der Waals surface area contributed by atoms with Crippen molar-refractivity contribution >= 4 is 39.6 Å². The first-order valence-electron chi connectivity index (χ1n) is 12.6. The first-order chi connectivity index (χ1) is 18.0. The molecule has 0 radical (unpaired) electrons. The van der Waals surface area contributed by atoms with Gasteiger partial charge >= 0.3 is 5.97 Å². The Morgan fingerprint density at radius 2 is 1.78 bits per heavy atom. The number of carboxylic acid groups (broad SMARTS) is 1. The fourth-order valence-corrected chi connectivity index (χ4v) is 5.26. The van der Waals surface area contributed by atoms with Crippen molar-refractivity contribution < 1.29 is 19.5 Å². The van der Waals surface area contributed by atoms with Crippen LogP contribution in [0.15, 0.2) is 54.7 Å². The van der Waals surface area contributed by atoms with Crippen LogP contribution in [0.1, 0.15) is 36.1 Å². The van der Waals surface area contributed by atoms with Gasteiger partial charge < -0.3 is 31.0 Å². The predicted octanol–water partition coefficient (Wildman–Crippen LogP) is 2.84. The lowest BCUT2D eigenvalue weighted by Crippen LogP contribution is -2.55. The van der Waals surface area contributed by atoms with E-state index in [9.17, 15) is 19.5 Å². The molecular formula is C28H31N5O4. The molecule has 0 saturated carbocycles. The Kier molecular flexibility index (Phi) is 6.96. The summed E-state index contributed by atoms with van der Waals surface area (Å²) >= 11 is 0. The van der Waals surface area contributed by atoms with Crippen LogP contribution >= 0.6 is 0 Å². The van der Waals surface area contributed by atoms with Crippen molar-refractivity contribution in [2.45, 2.75) is 50.7 Å². The zero-order chi connectivity index (χ0) is 25.9. The molecule has 2 amide bonds. The molecule has 2 aromatic heterocycles. The van der Waals surface area contributed by atoms with Crippen molar-refractivity contribution in [1.29, 1.82) is 0 Å². The Bertz CT molecular complexity index is 1460. The minimum atomic E-state index is -1.09. The van der Waals surface area contributed by atoms with E-state index in [2.05, 4.69) is 15.3 Å². The number of carbonyl (C=O) groups is 3. The quantitative estimate of drug-likeness (QED) is 0.224. The molecule has 1 aliphatic heterocycles. The molecule has 0 spiro atoms. The number of benzene rings is 2. The molecule has 2 atom stereocenters. The highest BCUT2D eigenvalue weighted by Crippen LogP contribution is 2.31. The van der Waals surface area contributed by atoms with E-state index in [-0.39, 0.29) is 25.3 Å². The molecule has 3 heterocycles. The highest BCUT2D eigenvalue weighted by Gasteiger charge is 2.37. The SMILES string of the molecule is NCCCCC(NC(=O)C1Cc2c([nH]c3ccccc23)CN1C(=O)Cc1c[nH]c2ccccc12)C(=O)O. The standard InChI is InChI=1S/C28H31N5O4/c29-12-6-5-11-23(28(36)37)32-27(35)25-14-20-19-8-2-4-10-22(19)31-24(20)16-33(25)26(34)13-17-15-30-21-9-3-1-7-18(17)21/h1-4,7-10,15,23,25,30-31H,5-6,11-14,16,29H2,(H,32,35)(H,36,37). The number of unbranched alkanes of at least 4 members (excludes halogenated alkanes) is 1. The number of nitrogens with zero attached hydrogens (tertiary/aromatic N) is 1. The topological polar surface area (TPSA) is 144 Å². The summed E-state index contributed by atoms with van der Waals surface area (Å²) in [5.41, 5.74) is 10.2. The lowest BCUT2D eigenvalue weighted by Gasteiger charge is -2.35. The van der Waals surface area contributed by atoms with Gasteiger partial charge in [-0.1, -0.05) is 36.4 Å². The number of aliphatic carboxylic acids is 1. The first kappa shape index (κ1) is 24.6. The second-order valence-electron chi connectivity index (χ2n) is 9.59. The molecule has 9 heteroatoms. The van der Waals surface area contributed by atoms with Gasteiger partial charge in [-0.3, -0.25) is 9.59 Å². The number of fused-ring (bicyclic) bond motifs is 4. The van der Waals surface area contributed by atoms with Gasteiger partial charge in [0.2, 0.25) is 11.8 Å². The van der Waals surface area contributed by atoms with Gasteiger partial charge in [0.1, 0.15) is 12.1 Å². The largest absolute Gasteiger partial charge is 0.480 e. The van der Waals surface area contributed by atoms with Crippen molar-refractivity contribution in [3.63, 3.8) is 0 Å². The number of para-hydroxylation sites is 2. The number of hydrogen-bond acceptors (Lipinski definition) is 4. The van der Waals surface area contributed by atoms with Crippen LogP contribution in [0, 0.1) is 0 Å². The molecule has 1 aliphatic rings. The number of aromatic nitrogens is 2. The van der Waals surface area contributed by atoms with Crippen LogP contribution in [0.25, 0.3) is 21.8 Å². The fourth-order valence-electron chi connectivity index (χ4n) is 5.26. The van der Waals surface area contributed by atoms with Crippen LogP contribution in [0.2, 0.25) is 0 Å². The number of nitrogens with one attached hydrogen (secondary N) is 3. The van der Waals surface area contributed by atoms with Crippen LogP contribution < -0.4 is 11.1 Å². The lowest BCUT2D eigenvalue weighted by molar-refractivity contribution is -0.145. The maximum Gasteiger partial charge on any atom is 0.326 e. The number of carboxylic acids is 1. The lowest BCUT2D eigenvalue weighted by atomic mass is 9.94. The molecule has 2 aromatic carbocycles. The van der Waals surface area contributed by atoms with Crippen molar-refractivity contribution in [2.75, 3.05) is 6.54 Å². The van der Waals surface area contributed by atoms with E-state index in [1.165, 1.54) is 0 Å². The van der Waals surface area contributed by atoms with E-state index in [1.54, 1.807) is 4.90 Å². The molecule has 0 aliphatic carbocycles. The number of carbonyl (C=O) groups excluding carboxylic acids is 2. The molecule has 0 bridgehead atoms. The summed E-state index contributed by atoms with van der Waals surface area (Å²) in [7, 11) is 0. The Hall–Kier alpha value is -4.11. The average Bonchev–Trinajstić information content (AvgIpc) is 3.48. The third kappa shape index (κ3) is 4.95. The Labute approximate surface area is 214 Å². The van der Waals surface area contributed by atoms with Gasteiger partial charge in [0.05, 0.1) is 13.0 Å². The molecule has 0 saturated heterocycles. The second kappa shape index (κ2) is 10.5. The molecule has 2 unspecified atom stereocenters.